The lowest BCUT2D eigenvalue weighted by molar-refractivity contribution is 1.11. The average Bonchev–Trinajstić information content (AvgIpc) is 3.90. The van der Waals surface area contributed by atoms with E-state index in [-0.39, 0.29) is 0 Å². The standard InChI is InChI=1S/C56H36N4/c1-4-18-37(19-5-1)44-34-40-24-10-11-25-41(40)35-47(44)54-42-26-16-32-50(59-52-30-14-12-28-48(52)57-55(59)38-20-6-2-7-21-38)45(42)36-46-43(54)27-17-33-51(46)60-53-31-15-13-29-49(53)58-56(60)39-22-8-3-9-23-39/h1-36H. The molecule has 0 aliphatic carbocycles. The third kappa shape index (κ3) is 5.39. The molecule has 12 aromatic rings. The smallest absolute Gasteiger partial charge is 0.145 e. The molecule has 0 aliphatic rings. The molecule has 12 rings (SSSR count). The Morgan fingerprint density at radius 3 is 1.22 bits per heavy atom. The molecule has 2 aromatic heterocycles. The van der Waals surface area contributed by atoms with E-state index in [1.54, 1.807) is 0 Å². The second-order valence-corrected chi connectivity index (χ2v) is 15.4. The minimum absolute atomic E-state index is 0.905. The number of rotatable bonds is 6. The summed E-state index contributed by atoms with van der Waals surface area (Å²) >= 11 is 0. The number of aromatic nitrogens is 4. The SMILES string of the molecule is c1ccc(-c2cc3ccccc3cc2-c2c3cccc(-n4c(-c5ccccc5)nc5ccccc54)c3cc3c(-n4c(-c5ccccc5)nc5ccccc54)cccc23)cc1. The van der Waals surface area contributed by atoms with Crippen molar-refractivity contribution in [3.05, 3.63) is 218 Å². The maximum absolute atomic E-state index is 5.29. The maximum Gasteiger partial charge on any atom is 0.145 e. The van der Waals surface area contributed by atoms with E-state index in [2.05, 4.69) is 228 Å². The summed E-state index contributed by atoms with van der Waals surface area (Å²) in [6.45, 7) is 0. The van der Waals surface area contributed by atoms with Gasteiger partial charge in [-0.05, 0) is 98.4 Å². The van der Waals surface area contributed by atoms with Crippen molar-refractivity contribution < 1.29 is 0 Å². The van der Waals surface area contributed by atoms with Gasteiger partial charge < -0.3 is 0 Å². The van der Waals surface area contributed by atoms with Crippen LogP contribution in [0.2, 0.25) is 0 Å². The number of hydrogen-bond donors (Lipinski definition) is 0. The van der Waals surface area contributed by atoms with Gasteiger partial charge >= 0.3 is 0 Å². The molecule has 4 heteroatoms. The van der Waals surface area contributed by atoms with E-state index in [9.17, 15) is 0 Å². The minimum Gasteiger partial charge on any atom is -0.292 e. The van der Waals surface area contributed by atoms with E-state index in [0.29, 0.717) is 0 Å². The zero-order chi connectivity index (χ0) is 39.6. The summed E-state index contributed by atoms with van der Waals surface area (Å²) in [6.07, 6.45) is 0. The van der Waals surface area contributed by atoms with Gasteiger partial charge in [-0.1, -0.05) is 164 Å². The molecule has 4 nitrogen and oxygen atoms in total. The fraction of sp³-hybridized carbons (Fsp3) is 0. The first kappa shape index (κ1) is 34.0. The molecule has 0 unspecified atom stereocenters. The predicted molar refractivity (Wildman–Crippen MR) is 250 cm³/mol. The minimum atomic E-state index is 0.905. The molecule has 0 amide bonds. The van der Waals surface area contributed by atoms with Gasteiger partial charge in [0.05, 0.1) is 33.4 Å². The number of fused-ring (bicyclic) bond motifs is 5. The zero-order valence-electron chi connectivity index (χ0n) is 32.6. The molecule has 0 aliphatic heterocycles. The van der Waals surface area contributed by atoms with Crippen LogP contribution in [0.25, 0.3) is 111 Å². The van der Waals surface area contributed by atoms with Gasteiger partial charge in [0, 0.05) is 21.9 Å². The lowest BCUT2D eigenvalue weighted by Gasteiger charge is -2.21. The Bertz CT molecular complexity index is 3410. The first-order valence-electron chi connectivity index (χ1n) is 20.4. The number of hydrogen-bond acceptors (Lipinski definition) is 2. The lowest BCUT2D eigenvalue weighted by Crippen LogP contribution is -2.02. The first-order chi connectivity index (χ1) is 29.8. The highest BCUT2D eigenvalue weighted by atomic mass is 15.1. The summed E-state index contributed by atoms with van der Waals surface area (Å²) in [7, 11) is 0. The Morgan fingerprint density at radius 2 is 0.717 bits per heavy atom. The van der Waals surface area contributed by atoms with Crippen LogP contribution in [0.15, 0.2) is 218 Å². The largest absolute Gasteiger partial charge is 0.292 e. The normalized spacial score (nSPS) is 11.7. The second-order valence-electron chi connectivity index (χ2n) is 15.4. The Hall–Kier alpha value is -8.08. The molecule has 280 valence electrons. The summed E-state index contributed by atoms with van der Waals surface area (Å²) in [5, 5.41) is 7.00. The summed E-state index contributed by atoms with van der Waals surface area (Å²) in [5.74, 6) is 1.81. The maximum atomic E-state index is 5.29. The van der Waals surface area contributed by atoms with Crippen LogP contribution in [0.3, 0.4) is 0 Å². The molecule has 0 saturated carbocycles. The van der Waals surface area contributed by atoms with Gasteiger partial charge in [-0.25, -0.2) is 9.97 Å². The van der Waals surface area contributed by atoms with Crippen molar-refractivity contribution in [2.75, 3.05) is 0 Å². The van der Waals surface area contributed by atoms with E-state index in [1.165, 1.54) is 43.8 Å². The highest BCUT2D eigenvalue weighted by Gasteiger charge is 2.23. The Morgan fingerprint density at radius 1 is 0.300 bits per heavy atom. The van der Waals surface area contributed by atoms with Gasteiger partial charge in [-0.15, -0.1) is 0 Å². The first-order valence-corrected chi connectivity index (χ1v) is 20.4. The molecule has 60 heavy (non-hydrogen) atoms. The molecule has 0 fully saturated rings. The van der Waals surface area contributed by atoms with Crippen molar-refractivity contribution in [1.82, 2.24) is 19.1 Å². The summed E-state index contributed by atoms with van der Waals surface area (Å²) in [6, 6.07) is 78.2. The number of para-hydroxylation sites is 4. The number of benzene rings is 10. The fourth-order valence-corrected chi connectivity index (χ4v) is 9.22. The third-order valence-electron chi connectivity index (χ3n) is 11.9. The van der Waals surface area contributed by atoms with Crippen LogP contribution in [-0.4, -0.2) is 19.1 Å². The Balaban J connectivity index is 1.27. The lowest BCUT2D eigenvalue weighted by atomic mass is 9.85. The quantitative estimate of drug-likeness (QED) is 0.158. The van der Waals surface area contributed by atoms with Crippen molar-refractivity contribution in [2.24, 2.45) is 0 Å². The Labute approximate surface area is 346 Å². The van der Waals surface area contributed by atoms with E-state index in [4.69, 9.17) is 9.97 Å². The monoisotopic (exact) mass is 764 g/mol. The molecular formula is C56H36N4. The van der Waals surface area contributed by atoms with Gasteiger partial charge in [0.1, 0.15) is 11.6 Å². The zero-order valence-corrected chi connectivity index (χ0v) is 32.6. The molecular weight excluding hydrogens is 729 g/mol. The molecule has 2 heterocycles. The Kier molecular flexibility index (Phi) is 7.82. The highest BCUT2D eigenvalue weighted by molar-refractivity contribution is 6.19. The van der Waals surface area contributed by atoms with Crippen LogP contribution in [-0.2, 0) is 0 Å². The van der Waals surface area contributed by atoms with E-state index in [0.717, 1.165) is 67.0 Å². The van der Waals surface area contributed by atoms with Gasteiger partial charge in [0.25, 0.3) is 0 Å². The van der Waals surface area contributed by atoms with Crippen LogP contribution in [0, 0.1) is 0 Å². The van der Waals surface area contributed by atoms with E-state index < -0.39 is 0 Å². The van der Waals surface area contributed by atoms with Crippen molar-refractivity contribution in [3.63, 3.8) is 0 Å². The van der Waals surface area contributed by atoms with Crippen molar-refractivity contribution in [3.8, 4) is 56.4 Å². The second kappa shape index (κ2) is 13.8. The van der Waals surface area contributed by atoms with Crippen LogP contribution in [0.1, 0.15) is 0 Å². The van der Waals surface area contributed by atoms with Gasteiger partial charge in [-0.2, -0.15) is 0 Å². The highest BCUT2D eigenvalue weighted by Crippen LogP contribution is 2.46. The van der Waals surface area contributed by atoms with E-state index in [1.807, 2.05) is 0 Å². The van der Waals surface area contributed by atoms with Crippen LogP contribution in [0.5, 0.6) is 0 Å². The molecule has 0 atom stereocenters. The number of nitrogens with zero attached hydrogens (tertiary/aromatic N) is 4. The van der Waals surface area contributed by atoms with Crippen LogP contribution >= 0.6 is 0 Å². The van der Waals surface area contributed by atoms with Crippen LogP contribution < -0.4 is 0 Å². The van der Waals surface area contributed by atoms with Gasteiger partial charge in [0.15, 0.2) is 0 Å². The van der Waals surface area contributed by atoms with Crippen molar-refractivity contribution in [2.45, 2.75) is 0 Å². The molecule has 0 spiro atoms. The summed E-state index contributed by atoms with van der Waals surface area (Å²) in [5.41, 5.74) is 13.0. The van der Waals surface area contributed by atoms with E-state index >= 15 is 0 Å². The molecule has 0 bridgehead atoms. The molecule has 0 radical (unpaired) electrons. The van der Waals surface area contributed by atoms with Gasteiger partial charge in [0.2, 0.25) is 0 Å². The molecule has 0 N–H and O–H groups in total. The molecule has 10 aromatic carbocycles. The third-order valence-corrected chi connectivity index (χ3v) is 11.9. The summed E-state index contributed by atoms with van der Waals surface area (Å²) < 4.78 is 4.71. The van der Waals surface area contributed by atoms with Crippen molar-refractivity contribution >= 4 is 54.4 Å². The fourth-order valence-electron chi connectivity index (χ4n) is 9.22. The number of imidazole rings is 2. The van der Waals surface area contributed by atoms with Crippen LogP contribution in [0.4, 0.5) is 0 Å². The van der Waals surface area contributed by atoms with Crippen molar-refractivity contribution in [1.29, 1.82) is 0 Å². The van der Waals surface area contributed by atoms with Gasteiger partial charge in [-0.3, -0.25) is 9.13 Å². The topological polar surface area (TPSA) is 35.6 Å². The summed E-state index contributed by atoms with van der Waals surface area (Å²) in [4.78, 5) is 10.6. The average molecular weight is 765 g/mol. The predicted octanol–water partition coefficient (Wildman–Crippen LogP) is 14.5. The molecule has 0 saturated heterocycles.